The van der Waals surface area contributed by atoms with Gasteiger partial charge in [-0.15, -0.1) is 0 Å². The molecule has 1 N–H and O–H groups in total. The Labute approximate surface area is 80.3 Å². The summed E-state index contributed by atoms with van der Waals surface area (Å²) in [6.45, 7) is 5.60. The fraction of sp³-hybridized carbons (Fsp3) is 0.500. The summed E-state index contributed by atoms with van der Waals surface area (Å²) in [6, 6.07) is 0.0949. The van der Waals surface area contributed by atoms with E-state index in [-0.39, 0.29) is 11.9 Å². The van der Waals surface area contributed by atoms with Crippen LogP contribution in [-0.2, 0) is 11.3 Å². The average molecular weight is 200 g/mol. The van der Waals surface area contributed by atoms with E-state index in [4.69, 9.17) is 0 Å². The van der Waals surface area contributed by atoms with E-state index in [1.807, 2.05) is 13.8 Å². The Hall–Kier alpha value is -1.10. The highest BCUT2D eigenvalue weighted by molar-refractivity contribution is 7.65. The van der Waals surface area contributed by atoms with Crippen LogP contribution in [0.3, 0.4) is 0 Å². The van der Waals surface area contributed by atoms with Gasteiger partial charge in [-0.25, -0.2) is 8.89 Å². The van der Waals surface area contributed by atoms with Crippen LogP contribution in [0.15, 0.2) is 0 Å². The van der Waals surface area contributed by atoms with Gasteiger partial charge in [0.1, 0.15) is 0 Å². The highest BCUT2D eigenvalue weighted by Gasteiger charge is 2.13. The molecule has 0 atom stereocenters. The van der Waals surface area contributed by atoms with Gasteiger partial charge in [-0.05, 0) is 20.8 Å². The minimum absolute atomic E-state index is 0.0656. The van der Waals surface area contributed by atoms with E-state index >= 15 is 0 Å². The van der Waals surface area contributed by atoms with Gasteiger partial charge in [-0.1, -0.05) is 0 Å². The largest absolute Gasteiger partial charge is 0.493 e. The maximum absolute atomic E-state index is 10.3. The third-order valence-electron chi connectivity index (χ3n) is 1.76. The van der Waals surface area contributed by atoms with E-state index in [9.17, 15) is 9.32 Å². The van der Waals surface area contributed by atoms with Gasteiger partial charge in [-0.3, -0.25) is 0 Å². The van der Waals surface area contributed by atoms with Crippen LogP contribution in [0, 0.1) is 6.92 Å². The topological polar surface area (TPSA) is 55.1 Å². The Kier molecular flexibility index (Phi) is 2.87. The Morgan fingerprint density at radius 1 is 1.62 bits per heavy atom. The summed E-state index contributed by atoms with van der Waals surface area (Å²) < 4.78 is 11.8. The fourth-order valence-corrected chi connectivity index (χ4v) is 1.47. The summed E-state index contributed by atoms with van der Waals surface area (Å²) in [4.78, 5) is 0. The molecular formula is C8H12N2O2S. The molecule has 0 aromatic carbocycles. The summed E-state index contributed by atoms with van der Waals surface area (Å²) in [5.74, 6) is 0.0656. The zero-order valence-corrected chi connectivity index (χ0v) is 8.63. The first-order valence-electron chi connectivity index (χ1n) is 3.97. The van der Waals surface area contributed by atoms with Crippen molar-refractivity contribution in [2.24, 2.45) is 0 Å². The number of rotatable bonds is 2. The molecule has 72 valence electrons. The van der Waals surface area contributed by atoms with E-state index in [1.165, 1.54) is 10.0 Å². The lowest BCUT2D eigenvalue weighted by molar-refractivity contribution is 0.376. The molecule has 0 saturated carbocycles. The lowest BCUT2D eigenvalue weighted by atomic mass is 10.3. The summed E-state index contributed by atoms with van der Waals surface area (Å²) in [5, 5.41) is 15.1. The zero-order valence-electron chi connectivity index (χ0n) is 7.81. The van der Waals surface area contributed by atoms with Crippen LogP contribution in [0.5, 0.6) is 5.88 Å². The highest BCUT2D eigenvalue weighted by atomic mass is 32.1. The molecule has 0 bridgehead atoms. The molecule has 0 aliphatic heterocycles. The van der Waals surface area contributed by atoms with Gasteiger partial charge in [0.05, 0.1) is 28.6 Å². The monoisotopic (exact) mass is 200 g/mol. The second-order valence-electron chi connectivity index (χ2n) is 3.08. The van der Waals surface area contributed by atoms with E-state index in [2.05, 4.69) is 5.10 Å². The quantitative estimate of drug-likeness (QED) is 0.720. The zero-order chi connectivity index (χ0) is 10.0. The number of aromatic nitrogens is 2. The summed E-state index contributed by atoms with van der Waals surface area (Å²) >= 11 is 0.320. The van der Waals surface area contributed by atoms with E-state index in [0.717, 1.165) is 0 Å². The van der Waals surface area contributed by atoms with Gasteiger partial charge >= 0.3 is 0 Å². The highest BCUT2D eigenvalue weighted by Crippen LogP contribution is 2.21. The normalized spacial score (nSPS) is 10.5. The Bertz CT molecular complexity index is 364. The minimum Gasteiger partial charge on any atom is -0.493 e. The molecule has 0 radical (unpaired) electrons. The van der Waals surface area contributed by atoms with E-state index in [1.54, 1.807) is 6.92 Å². The maximum Gasteiger partial charge on any atom is 0.218 e. The number of aromatic hydroxyl groups is 1. The number of hydrogen-bond donors (Lipinski definition) is 1. The van der Waals surface area contributed by atoms with Crippen LogP contribution in [0.1, 0.15) is 31.1 Å². The summed E-state index contributed by atoms with van der Waals surface area (Å²) in [7, 11) is 0. The molecule has 0 unspecified atom stereocenters. The molecule has 1 aromatic rings. The van der Waals surface area contributed by atoms with Crippen LogP contribution in [0.2, 0.25) is 0 Å². The first kappa shape index (κ1) is 9.98. The van der Waals surface area contributed by atoms with Crippen LogP contribution in [0.4, 0.5) is 0 Å². The van der Waals surface area contributed by atoms with Gasteiger partial charge in [0.2, 0.25) is 5.88 Å². The van der Waals surface area contributed by atoms with Gasteiger partial charge in [0.25, 0.3) is 0 Å². The molecule has 5 heteroatoms. The third kappa shape index (κ3) is 1.80. The first-order chi connectivity index (χ1) is 6.07. The molecule has 0 aliphatic carbocycles. The second-order valence-corrected chi connectivity index (χ2v) is 3.50. The van der Waals surface area contributed by atoms with Crippen molar-refractivity contribution in [1.29, 1.82) is 0 Å². The SMILES string of the molecule is Cc1nn(C(C)C)c(O)c1C=S=O. The average Bonchev–Trinajstić information content (AvgIpc) is 2.32. The Morgan fingerprint density at radius 2 is 2.23 bits per heavy atom. The van der Waals surface area contributed by atoms with Gasteiger partial charge in [0.15, 0.2) is 0 Å². The van der Waals surface area contributed by atoms with Crippen LogP contribution in [-0.4, -0.2) is 24.5 Å². The molecule has 13 heavy (non-hydrogen) atoms. The fourth-order valence-electron chi connectivity index (χ4n) is 1.09. The molecule has 4 nitrogen and oxygen atoms in total. The van der Waals surface area contributed by atoms with Crippen molar-refractivity contribution in [3.05, 3.63) is 11.3 Å². The molecule has 0 spiro atoms. The lowest BCUT2D eigenvalue weighted by Crippen LogP contribution is -2.01. The molecular weight excluding hydrogens is 188 g/mol. The standard InChI is InChI=1S/C8H12N2O2S/c1-5(2)10-8(11)7(4-13-12)6(3)9-10/h4-5,11H,1-3H3. The van der Waals surface area contributed by atoms with Crippen LogP contribution < -0.4 is 0 Å². The molecule has 1 rings (SSSR count). The van der Waals surface area contributed by atoms with Gasteiger partial charge < -0.3 is 5.11 Å². The molecule has 1 aromatic heterocycles. The Morgan fingerprint density at radius 3 is 2.62 bits per heavy atom. The van der Waals surface area contributed by atoms with Crippen molar-refractivity contribution in [2.45, 2.75) is 26.8 Å². The predicted octanol–water partition coefficient (Wildman–Crippen LogP) is 0.841. The minimum atomic E-state index is 0.0656. The molecule has 0 amide bonds. The first-order valence-corrected chi connectivity index (χ1v) is 4.78. The maximum atomic E-state index is 10.3. The smallest absolute Gasteiger partial charge is 0.218 e. The van der Waals surface area contributed by atoms with Crippen molar-refractivity contribution in [3.63, 3.8) is 0 Å². The predicted molar refractivity (Wildman–Crippen MR) is 52.3 cm³/mol. The van der Waals surface area contributed by atoms with E-state index in [0.29, 0.717) is 22.5 Å². The second kappa shape index (κ2) is 3.74. The summed E-state index contributed by atoms with van der Waals surface area (Å²) in [5.41, 5.74) is 1.20. The van der Waals surface area contributed by atoms with Crippen molar-refractivity contribution < 1.29 is 9.32 Å². The Balaban J connectivity index is 3.30. The van der Waals surface area contributed by atoms with Crippen molar-refractivity contribution in [2.75, 3.05) is 0 Å². The van der Waals surface area contributed by atoms with Crippen molar-refractivity contribution in [3.8, 4) is 5.88 Å². The molecule has 0 fully saturated rings. The van der Waals surface area contributed by atoms with Crippen molar-refractivity contribution >= 4 is 16.6 Å². The number of aryl methyl sites for hydroxylation is 1. The third-order valence-corrected chi connectivity index (χ3v) is 2.09. The van der Waals surface area contributed by atoms with Crippen LogP contribution >= 0.6 is 0 Å². The lowest BCUT2D eigenvalue weighted by Gasteiger charge is -2.05. The number of nitrogens with zero attached hydrogens (tertiary/aromatic N) is 2. The van der Waals surface area contributed by atoms with Gasteiger partial charge in [0, 0.05) is 5.37 Å². The van der Waals surface area contributed by atoms with E-state index < -0.39 is 0 Å². The molecule has 1 heterocycles. The van der Waals surface area contributed by atoms with Crippen LogP contribution in [0.25, 0.3) is 0 Å². The number of hydrogen-bond acceptors (Lipinski definition) is 3. The van der Waals surface area contributed by atoms with Gasteiger partial charge in [-0.2, -0.15) is 5.10 Å². The van der Waals surface area contributed by atoms with Crippen molar-refractivity contribution in [1.82, 2.24) is 9.78 Å². The summed E-state index contributed by atoms with van der Waals surface area (Å²) in [6.07, 6.45) is 0. The molecule has 0 saturated heterocycles. The molecule has 0 aliphatic rings.